The highest BCUT2D eigenvalue weighted by Crippen LogP contribution is 2.27. The SMILES string of the molecule is CC1CC(C)CN(S(=O)(=O)c2cccc(C(=O)NCc3ccc(NC(N)=O)cc3)c2)C1. The van der Waals surface area contributed by atoms with Gasteiger partial charge in [-0.05, 0) is 54.2 Å². The van der Waals surface area contributed by atoms with Crippen LogP contribution in [0, 0.1) is 11.8 Å². The number of amides is 3. The Bertz CT molecular complexity index is 1040. The summed E-state index contributed by atoms with van der Waals surface area (Å²) in [6, 6.07) is 12.4. The summed E-state index contributed by atoms with van der Waals surface area (Å²) >= 11 is 0. The van der Waals surface area contributed by atoms with Crippen LogP contribution in [0.5, 0.6) is 0 Å². The Morgan fingerprint density at radius 2 is 1.71 bits per heavy atom. The molecule has 166 valence electrons. The Hall–Kier alpha value is -2.91. The fourth-order valence-electron chi connectivity index (χ4n) is 3.88. The predicted molar refractivity (Wildman–Crippen MR) is 119 cm³/mol. The molecule has 4 N–H and O–H groups in total. The number of carbonyl (C=O) groups excluding carboxylic acids is 2. The number of anilines is 1. The highest BCUT2D eigenvalue weighted by molar-refractivity contribution is 7.89. The van der Waals surface area contributed by atoms with Crippen LogP contribution >= 0.6 is 0 Å². The Kier molecular flexibility index (Phi) is 6.97. The summed E-state index contributed by atoms with van der Waals surface area (Å²) in [6.45, 7) is 5.35. The van der Waals surface area contributed by atoms with Crippen LogP contribution < -0.4 is 16.4 Å². The summed E-state index contributed by atoms with van der Waals surface area (Å²) in [7, 11) is -3.66. The van der Waals surface area contributed by atoms with Gasteiger partial charge in [-0.2, -0.15) is 4.31 Å². The molecule has 0 radical (unpaired) electrons. The molecule has 2 aromatic rings. The molecule has 0 aliphatic carbocycles. The number of nitrogens with two attached hydrogens (primary N) is 1. The van der Waals surface area contributed by atoms with E-state index >= 15 is 0 Å². The van der Waals surface area contributed by atoms with Crippen molar-refractivity contribution in [1.29, 1.82) is 0 Å². The zero-order valence-electron chi connectivity index (χ0n) is 17.7. The molecule has 1 fully saturated rings. The maximum Gasteiger partial charge on any atom is 0.316 e. The van der Waals surface area contributed by atoms with E-state index in [-0.39, 0.29) is 22.9 Å². The minimum Gasteiger partial charge on any atom is -0.351 e. The van der Waals surface area contributed by atoms with Crippen molar-refractivity contribution in [1.82, 2.24) is 9.62 Å². The molecule has 0 bridgehead atoms. The lowest BCUT2D eigenvalue weighted by atomic mass is 9.94. The van der Waals surface area contributed by atoms with Crippen LogP contribution in [-0.2, 0) is 16.6 Å². The normalized spacial score (nSPS) is 19.5. The fourth-order valence-corrected chi connectivity index (χ4v) is 5.61. The summed E-state index contributed by atoms with van der Waals surface area (Å²) in [5.74, 6) is 0.237. The topological polar surface area (TPSA) is 122 Å². The van der Waals surface area contributed by atoms with Crippen molar-refractivity contribution in [2.45, 2.75) is 31.7 Å². The molecular formula is C22H28N4O4S. The summed E-state index contributed by atoms with van der Waals surface area (Å²) in [4.78, 5) is 23.6. The maximum absolute atomic E-state index is 13.1. The van der Waals surface area contributed by atoms with Crippen LogP contribution in [0.15, 0.2) is 53.4 Å². The lowest BCUT2D eigenvalue weighted by Crippen LogP contribution is -2.42. The van der Waals surface area contributed by atoms with Gasteiger partial charge >= 0.3 is 6.03 Å². The molecule has 8 nitrogen and oxygen atoms in total. The number of urea groups is 1. The zero-order valence-corrected chi connectivity index (χ0v) is 18.5. The average molecular weight is 445 g/mol. The third-order valence-electron chi connectivity index (χ3n) is 5.24. The van der Waals surface area contributed by atoms with Crippen LogP contribution in [0.3, 0.4) is 0 Å². The third-order valence-corrected chi connectivity index (χ3v) is 7.07. The third kappa shape index (κ3) is 5.83. The van der Waals surface area contributed by atoms with E-state index in [4.69, 9.17) is 5.73 Å². The molecule has 2 atom stereocenters. The molecule has 1 aliphatic rings. The smallest absolute Gasteiger partial charge is 0.316 e. The van der Waals surface area contributed by atoms with Gasteiger partial charge in [0, 0.05) is 30.9 Å². The Morgan fingerprint density at radius 1 is 1.06 bits per heavy atom. The molecule has 0 aromatic heterocycles. The molecular weight excluding hydrogens is 416 g/mol. The van der Waals surface area contributed by atoms with Crippen molar-refractivity contribution < 1.29 is 18.0 Å². The zero-order chi connectivity index (χ0) is 22.6. The van der Waals surface area contributed by atoms with Gasteiger partial charge in [0.2, 0.25) is 10.0 Å². The molecule has 1 aliphatic heterocycles. The van der Waals surface area contributed by atoms with E-state index in [1.807, 2.05) is 0 Å². The van der Waals surface area contributed by atoms with Crippen LogP contribution in [0.25, 0.3) is 0 Å². The number of nitrogens with one attached hydrogen (secondary N) is 2. The largest absolute Gasteiger partial charge is 0.351 e. The first kappa shape index (κ1) is 22.8. The van der Waals surface area contributed by atoms with Crippen LogP contribution in [-0.4, -0.2) is 37.8 Å². The van der Waals surface area contributed by atoms with E-state index < -0.39 is 16.1 Å². The lowest BCUT2D eigenvalue weighted by molar-refractivity contribution is 0.0950. The first-order chi connectivity index (χ1) is 14.6. The minimum atomic E-state index is -3.66. The molecule has 0 spiro atoms. The second-order valence-electron chi connectivity index (χ2n) is 8.16. The second-order valence-corrected chi connectivity index (χ2v) is 10.1. The maximum atomic E-state index is 13.1. The van der Waals surface area contributed by atoms with E-state index in [1.165, 1.54) is 16.4 Å². The molecule has 9 heteroatoms. The van der Waals surface area contributed by atoms with Gasteiger partial charge in [-0.25, -0.2) is 13.2 Å². The summed E-state index contributed by atoms with van der Waals surface area (Å²) < 4.78 is 27.7. The van der Waals surface area contributed by atoms with Gasteiger partial charge in [0.25, 0.3) is 5.91 Å². The van der Waals surface area contributed by atoms with E-state index in [2.05, 4.69) is 24.5 Å². The number of nitrogens with zero attached hydrogens (tertiary/aromatic N) is 1. The molecule has 1 heterocycles. The van der Waals surface area contributed by atoms with Gasteiger partial charge < -0.3 is 16.4 Å². The van der Waals surface area contributed by atoms with E-state index in [1.54, 1.807) is 36.4 Å². The van der Waals surface area contributed by atoms with Gasteiger partial charge in [0.15, 0.2) is 0 Å². The van der Waals surface area contributed by atoms with Gasteiger partial charge in [0.1, 0.15) is 0 Å². The summed E-state index contributed by atoms with van der Waals surface area (Å²) in [6.07, 6.45) is 1.01. The van der Waals surface area contributed by atoms with E-state index in [9.17, 15) is 18.0 Å². The highest BCUT2D eigenvalue weighted by Gasteiger charge is 2.31. The number of sulfonamides is 1. The summed E-state index contributed by atoms with van der Waals surface area (Å²) in [5.41, 5.74) is 6.74. The van der Waals surface area contributed by atoms with Crippen molar-refractivity contribution in [3.05, 3.63) is 59.7 Å². The molecule has 1 saturated heterocycles. The minimum absolute atomic E-state index is 0.128. The van der Waals surface area contributed by atoms with Crippen molar-refractivity contribution in [3.63, 3.8) is 0 Å². The fraction of sp³-hybridized carbons (Fsp3) is 0.364. The first-order valence-electron chi connectivity index (χ1n) is 10.2. The molecule has 0 saturated carbocycles. The van der Waals surface area contributed by atoms with E-state index in [0.29, 0.717) is 30.6 Å². The van der Waals surface area contributed by atoms with Gasteiger partial charge in [-0.3, -0.25) is 4.79 Å². The molecule has 3 rings (SSSR count). The molecule has 3 amide bonds. The number of piperidine rings is 1. The van der Waals surface area contributed by atoms with Crippen LogP contribution in [0.2, 0.25) is 0 Å². The molecule has 31 heavy (non-hydrogen) atoms. The number of rotatable bonds is 6. The predicted octanol–water partition coefficient (Wildman–Crippen LogP) is 2.77. The number of benzene rings is 2. The summed E-state index contributed by atoms with van der Waals surface area (Å²) in [5, 5.41) is 5.25. The number of hydrogen-bond acceptors (Lipinski definition) is 4. The van der Waals surface area contributed by atoms with E-state index in [0.717, 1.165) is 12.0 Å². The molecule has 2 unspecified atom stereocenters. The van der Waals surface area contributed by atoms with Gasteiger partial charge in [-0.1, -0.05) is 32.0 Å². The van der Waals surface area contributed by atoms with Crippen molar-refractivity contribution in [3.8, 4) is 0 Å². The van der Waals surface area contributed by atoms with Crippen LogP contribution in [0.1, 0.15) is 36.2 Å². The highest BCUT2D eigenvalue weighted by atomic mass is 32.2. The molecule has 2 aromatic carbocycles. The number of carbonyl (C=O) groups is 2. The average Bonchev–Trinajstić information content (AvgIpc) is 2.72. The quantitative estimate of drug-likeness (QED) is 0.634. The van der Waals surface area contributed by atoms with Crippen molar-refractivity contribution in [2.75, 3.05) is 18.4 Å². The van der Waals surface area contributed by atoms with Gasteiger partial charge in [-0.15, -0.1) is 0 Å². The van der Waals surface area contributed by atoms with Crippen LogP contribution in [0.4, 0.5) is 10.5 Å². The standard InChI is InChI=1S/C22H28N4O4S/c1-15-10-16(2)14-26(13-15)31(29,30)20-5-3-4-18(11-20)21(27)24-12-17-6-8-19(9-7-17)25-22(23)28/h3-9,11,15-16H,10,12-14H2,1-2H3,(H,24,27)(H3,23,25,28). The number of hydrogen-bond donors (Lipinski definition) is 3. The Morgan fingerprint density at radius 3 is 2.32 bits per heavy atom. The second kappa shape index (κ2) is 9.49. The first-order valence-corrected chi connectivity index (χ1v) is 11.6. The van der Waals surface area contributed by atoms with Gasteiger partial charge in [0.05, 0.1) is 4.90 Å². The van der Waals surface area contributed by atoms with Crippen molar-refractivity contribution >= 4 is 27.6 Å². The number of primary amides is 1. The Balaban J connectivity index is 1.68. The van der Waals surface area contributed by atoms with Crippen molar-refractivity contribution in [2.24, 2.45) is 17.6 Å². The monoisotopic (exact) mass is 444 g/mol. The Labute approximate surface area is 182 Å². The lowest BCUT2D eigenvalue weighted by Gasteiger charge is -2.34.